The molecule has 1 aliphatic rings. The van der Waals surface area contributed by atoms with Gasteiger partial charge in [0.1, 0.15) is 0 Å². The summed E-state index contributed by atoms with van der Waals surface area (Å²) in [6.07, 6.45) is 5.13. The van der Waals surface area contributed by atoms with Gasteiger partial charge in [0.2, 0.25) is 0 Å². The Morgan fingerprint density at radius 1 is 1.57 bits per heavy atom. The molecule has 0 spiro atoms. The maximum absolute atomic E-state index is 10.6. The highest BCUT2D eigenvalue weighted by molar-refractivity contribution is 9.10. The van der Waals surface area contributed by atoms with Gasteiger partial charge in [0.05, 0.1) is 6.61 Å². The number of hydrogen-bond donors (Lipinski definition) is 1. The van der Waals surface area contributed by atoms with Crippen LogP contribution < -0.4 is 4.90 Å². The topological polar surface area (TPSA) is 49.8 Å². The molecule has 1 atom stereocenters. The van der Waals surface area contributed by atoms with Crippen molar-refractivity contribution in [2.24, 2.45) is 5.92 Å². The van der Waals surface area contributed by atoms with Crippen molar-refractivity contribution < 1.29 is 14.6 Å². The van der Waals surface area contributed by atoms with Gasteiger partial charge in [-0.3, -0.25) is 0 Å². The molecule has 1 aromatic rings. The third-order valence-electron chi connectivity index (χ3n) is 3.68. The number of halogens is 1. The minimum absolute atomic E-state index is 0.578. The first-order chi connectivity index (χ1) is 10.1. The van der Waals surface area contributed by atoms with Crippen LogP contribution in [0.15, 0.2) is 28.7 Å². The Bertz CT molecular complexity index is 528. The lowest BCUT2D eigenvalue weighted by molar-refractivity contribution is -0.131. The van der Waals surface area contributed by atoms with E-state index in [4.69, 9.17) is 9.84 Å². The fourth-order valence-corrected chi connectivity index (χ4v) is 3.18. The van der Waals surface area contributed by atoms with Crippen molar-refractivity contribution in [3.63, 3.8) is 0 Å². The Balaban J connectivity index is 2.10. The molecule has 1 saturated heterocycles. The average Bonchev–Trinajstić information content (AvgIpc) is 2.46. The van der Waals surface area contributed by atoms with Gasteiger partial charge in [0.15, 0.2) is 0 Å². The zero-order valence-electron chi connectivity index (χ0n) is 12.1. The van der Waals surface area contributed by atoms with Crippen LogP contribution in [0.4, 0.5) is 5.69 Å². The summed E-state index contributed by atoms with van der Waals surface area (Å²) in [6.45, 7) is 2.86. The number of anilines is 1. The van der Waals surface area contributed by atoms with Crippen LogP contribution in [0.5, 0.6) is 0 Å². The molecule has 0 aliphatic carbocycles. The number of aliphatic carboxylic acids is 1. The van der Waals surface area contributed by atoms with E-state index in [0.717, 1.165) is 41.5 Å². The minimum Gasteiger partial charge on any atom is -0.478 e. The molecule has 1 N–H and O–H groups in total. The van der Waals surface area contributed by atoms with E-state index in [1.165, 1.54) is 12.8 Å². The Labute approximate surface area is 133 Å². The van der Waals surface area contributed by atoms with Crippen molar-refractivity contribution in [1.29, 1.82) is 0 Å². The molecule has 0 bridgehead atoms. The van der Waals surface area contributed by atoms with Crippen molar-refractivity contribution in [2.45, 2.75) is 12.8 Å². The summed E-state index contributed by atoms with van der Waals surface area (Å²) < 4.78 is 6.17. The quantitative estimate of drug-likeness (QED) is 0.824. The van der Waals surface area contributed by atoms with E-state index in [1.54, 1.807) is 13.2 Å². The normalized spacial score (nSPS) is 19.1. The molecule has 1 aliphatic heterocycles. The zero-order chi connectivity index (χ0) is 15.2. The number of hydrogen-bond acceptors (Lipinski definition) is 3. The van der Waals surface area contributed by atoms with Crippen LogP contribution in [0.3, 0.4) is 0 Å². The van der Waals surface area contributed by atoms with Crippen LogP contribution in [-0.2, 0) is 9.53 Å². The van der Waals surface area contributed by atoms with Crippen LogP contribution in [0.2, 0.25) is 0 Å². The van der Waals surface area contributed by atoms with Crippen LogP contribution in [0.25, 0.3) is 6.08 Å². The van der Waals surface area contributed by atoms with Gasteiger partial charge in [-0.2, -0.15) is 0 Å². The number of nitrogens with zero attached hydrogens (tertiary/aromatic N) is 1. The fraction of sp³-hybridized carbons (Fsp3) is 0.438. The maximum atomic E-state index is 10.6. The summed E-state index contributed by atoms with van der Waals surface area (Å²) >= 11 is 3.51. The molecule has 0 amide bonds. The summed E-state index contributed by atoms with van der Waals surface area (Å²) in [5.41, 5.74) is 2.03. The molecule has 2 rings (SSSR count). The van der Waals surface area contributed by atoms with Crippen molar-refractivity contribution >= 4 is 33.7 Å². The minimum atomic E-state index is -0.940. The largest absolute Gasteiger partial charge is 0.478 e. The van der Waals surface area contributed by atoms with Gasteiger partial charge in [-0.15, -0.1) is 0 Å². The molecule has 1 heterocycles. The summed E-state index contributed by atoms with van der Waals surface area (Å²) in [5, 5.41) is 8.68. The zero-order valence-corrected chi connectivity index (χ0v) is 13.7. The van der Waals surface area contributed by atoms with E-state index < -0.39 is 5.97 Å². The number of carbonyl (C=O) groups is 1. The van der Waals surface area contributed by atoms with Gasteiger partial charge >= 0.3 is 5.97 Å². The van der Waals surface area contributed by atoms with E-state index in [1.807, 2.05) is 12.1 Å². The van der Waals surface area contributed by atoms with Crippen LogP contribution in [0, 0.1) is 5.92 Å². The molecule has 21 heavy (non-hydrogen) atoms. The van der Waals surface area contributed by atoms with E-state index in [-0.39, 0.29) is 0 Å². The van der Waals surface area contributed by atoms with E-state index in [9.17, 15) is 4.79 Å². The summed E-state index contributed by atoms with van der Waals surface area (Å²) in [6, 6.07) is 6.04. The molecule has 1 unspecified atom stereocenters. The van der Waals surface area contributed by atoms with Crippen molar-refractivity contribution in [3.05, 3.63) is 34.3 Å². The second-order valence-corrected chi connectivity index (χ2v) is 6.14. The third kappa shape index (κ3) is 4.58. The predicted molar refractivity (Wildman–Crippen MR) is 87.6 cm³/mol. The van der Waals surface area contributed by atoms with Gasteiger partial charge in [0.25, 0.3) is 0 Å². The lowest BCUT2D eigenvalue weighted by atomic mass is 9.98. The molecule has 5 heteroatoms. The standard InChI is InChI=1S/C16H20BrNO3/c1-21-11-12-3-2-8-18(10-12)14-6-4-13(15(17)9-14)5-7-16(19)20/h4-7,9,12H,2-3,8,10-11H2,1H3,(H,19,20)/b7-5+. The number of ether oxygens (including phenoxy) is 1. The molecule has 0 saturated carbocycles. The van der Waals surface area contributed by atoms with Gasteiger partial charge in [-0.05, 0) is 42.5 Å². The maximum Gasteiger partial charge on any atom is 0.328 e. The molecule has 0 aromatic heterocycles. The van der Waals surface area contributed by atoms with Crippen LogP contribution in [-0.4, -0.2) is 37.9 Å². The highest BCUT2D eigenvalue weighted by atomic mass is 79.9. The van der Waals surface area contributed by atoms with Crippen molar-refractivity contribution in [1.82, 2.24) is 0 Å². The fourth-order valence-electron chi connectivity index (χ4n) is 2.68. The van der Waals surface area contributed by atoms with Gasteiger partial charge < -0.3 is 14.7 Å². The lowest BCUT2D eigenvalue weighted by Crippen LogP contribution is -2.37. The van der Waals surface area contributed by atoms with E-state index >= 15 is 0 Å². The van der Waals surface area contributed by atoms with Crippen LogP contribution >= 0.6 is 15.9 Å². The molecule has 0 radical (unpaired) electrons. The Morgan fingerprint density at radius 2 is 2.38 bits per heavy atom. The summed E-state index contributed by atoms with van der Waals surface area (Å²) in [4.78, 5) is 12.9. The molecule has 4 nitrogen and oxygen atoms in total. The Morgan fingerprint density at radius 3 is 3.05 bits per heavy atom. The highest BCUT2D eigenvalue weighted by Gasteiger charge is 2.20. The molecule has 1 aromatic carbocycles. The molecular formula is C16H20BrNO3. The number of methoxy groups -OCH3 is 1. The molecular weight excluding hydrogens is 334 g/mol. The number of benzene rings is 1. The Kier molecular flexibility index (Phi) is 5.82. The highest BCUT2D eigenvalue weighted by Crippen LogP contribution is 2.28. The first-order valence-electron chi connectivity index (χ1n) is 7.04. The third-order valence-corrected chi connectivity index (χ3v) is 4.36. The first-order valence-corrected chi connectivity index (χ1v) is 7.84. The number of carboxylic acids is 1. The SMILES string of the molecule is COCC1CCCN(c2ccc(/C=C/C(=O)O)c(Br)c2)C1. The predicted octanol–water partition coefficient (Wildman–Crippen LogP) is 3.41. The van der Waals surface area contributed by atoms with Crippen molar-refractivity contribution in [2.75, 3.05) is 31.7 Å². The van der Waals surface area contributed by atoms with Gasteiger partial charge in [-0.1, -0.05) is 22.0 Å². The monoisotopic (exact) mass is 353 g/mol. The smallest absolute Gasteiger partial charge is 0.328 e. The number of carboxylic acid groups (broad SMARTS) is 1. The van der Waals surface area contributed by atoms with E-state index in [2.05, 4.69) is 26.9 Å². The van der Waals surface area contributed by atoms with Crippen molar-refractivity contribution in [3.8, 4) is 0 Å². The Hall–Kier alpha value is -1.33. The summed E-state index contributed by atoms with van der Waals surface area (Å²) in [7, 11) is 1.75. The molecule has 1 fully saturated rings. The van der Waals surface area contributed by atoms with Crippen LogP contribution in [0.1, 0.15) is 18.4 Å². The lowest BCUT2D eigenvalue weighted by Gasteiger charge is -2.34. The van der Waals surface area contributed by atoms with Gasteiger partial charge in [0, 0.05) is 36.4 Å². The number of piperidine rings is 1. The van der Waals surface area contributed by atoms with E-state index in [0.29, 0.717) is 5.92 Å². The average molecular weight is 354 g/mol. The second-order valence-electron chi connectivity index (χ2n) is 5.29. The number of rotatable bonds is 5. The molecule has 114 valence electrons. The second kappa shape index (κ2) is 7.61. The first kappa shape index (κ1) is 16.0. The van der Waals surface area contributed by atoms with Gasteiger partial charge in [-0.25, -0.2) is 4.79 Å². The summed E-state index contributed by atoms with van der Waals surface area (Å²) in [5.74, 6) is -0.362.